The molecule has 1 saturated heterocycles. The van der Waals surface area contributed by atoms with Crippen molar-refractivity contribution in [1.29, 1.82) is 0 Å². The lowest BCUT2D eigenvalue weighted by molar-refractivity contribution is 0.324. The number of rotatable bonds is 7. The van der Waals surface area contributed by atoms with E-state index in [0.29, 0.717) is 5.92 Å². The summed E-state index contributed by atoms with van der Waals surface area (Å²) in [7, 11) is 1.80. The van der Waals surface area contributed by atoms with E-state index in [4.69, 9.17) is 0 Å². The van der Waals surface area contributed by atoms with Crippen molar-refractivity contribution in [1.82, 2.24) is 15.5 Å². The maximum atomic E-state index is 13.1. The molecular weight excluding hydrogens is 430 g/mol. The molecule has 6 heteroatoms. The van der Waals surface area contributed by atoms with Crippen LogP contribution in [0.5, 0.6) is 0 Å². The molecule has 2 N–H and O–H groups in total. The number of nitrogens with one attached hydrogen (secondary N) is 2. The molecule has 2 rings (SSSR count). The minimum atomic E-state index is -0.171. The van der Waals surface area contributed by atoms with Gasteiger partial charge in [-0.2, -0.15) is 0 Å². The highest BCUT2D eigenvalue weighted by Gasteiger charge is 2.21. The van der Waals surface area contributed by atoms with Crippen molar-refractivity contribution in [3.63, 3.8) is 0 Å². The maximum absolute atomic E-state index is 13.1. The Kier molecular flexibility index (Phi) is 10.3. The lowest BCUT2D eigenvalue weighted by Gasteiger charge is -2.17. The van der Waals surface area contributed by atoms with Gasteiger partial charge in [-0.15, -0.1) is 24.0 Å². The Bertz CT molecular complexity index is 550. The topological polar surface area (TPSA) is 39.7 Å². The van der Waals surface area contributed by atoms with Gasteiger partial charge in [-0.25, -0.2) is 4.39 Å². The zero-order valence-corrected chi connectivity index (χ0v) is 18.0. The molecule has 1 atom stereocenters. The normalized spacial score (nSPS) is 18.1. The molecule has 1 unspecified atom stereocenters. The molecule has 25 heavy (non-hydrogen) atoms. The van der Waals surface area contributed by atoms with Crippen molar-refractivity contribution >= 4 is 29.9 Å². The quantitative estimate of drug-likeness (QED) is 0.372. The molecular formula is C19H32FIN4. The molecule has 0 amide bonds. The SMILES string of the molecule is CCCN1CCC(CNC(=NC)NCCc2ccc(F)cc2C)C1.I. The van der Waals surface area contributed by atoms with Gasteiger partial charge in [-0.05, 0) is 68.5 Å². The molecule has 0 saturated carbocycles. The standard InChI is InChI=1S/C19H31FN4.HI/c1-4-10-24-11-8-16(14-24)13-23-19(21-3)22-9-7-17-5-6-18(20)12-15(17)2;/h5-6,12,16H,4,7-11,13-14H2,1-3H3,(H2,21,22,23);1H. The lowest BCUT2D eigenvalue weighted by atomic mass is 10.1. The van der Waals surface area contributed by atoms with Crippen LogP contribution in [-0.2, 0) is 6.42 Å². The first-order valence-electron chi connectivity index (χ1n) is 9.04. The predicted octanol–water partition coefficient (Wildman–Crippen LogP) is 3.19. The van der Waals surface area contributed by atoms with Gasteiger partial charge in [0.25, 0.3) is 0 Å². The summed E-state index contributed by atoms with van der Waals surface area (Å²) in [4.78, 5) is 6.83. The van der Waals surface area contributed by atoms with Crippen LogP contribution < -0.4 is 10.6 Å². The number of benzene rings is 1. The van der Waals surface area contributed by atoms with Crippen LogP contribution in [0.3, 0.4) is 0 Å². The Morgan fingerprint density at radius 3 is 2.84 bits per heavy atom. The summed E-state index contributed by atoms with van der Waals surface area (Å²) in [6.07, 6.45) is 3.35. The highest BCUT2D eigenvalue weighted by molar-refractivity contribution is 14.0. The second-order valence-electron chi connectivity index (χ2n) is 6.66. The van der Waals surface area contributed by atoms with Gasteiger partial charge >= 0.3 is 0 Å². The van der Waals surface area contributed by atoms with E-state index in [1.807, 2.05) is 13.0 Å². The number of nitrogens with zero attached hydrogens (tertiary/aromatic N) is 2. The number of aliphatic imine (C=N–C) groups is 1. The van der Waals surface area contributed by atoms with Gasteiger partial charge in [0.2, 0.25) is 0 Å². The minimum absolute atomic E-state index is 0. The van der Waals surface area contributed by atoms with Gasteiger partial charge in [0.1, 0.15) is 5.82 Å². The Balaban J connectivity index is 0.00000312. The number of hydrogen-bond donors (Lipinski definition) is 2. The molecule has 0 aliphatic carbocycles. The van der Waals surface area contributed by atoms with Crippen LogP contribution in [0.4, 0.5) is 4.39 Å². The zero-order chi connectivity index (χ0) is 17.4. The molecule has 1 aromatic rings. The Labute approximate surface area is 168 Å². The maximum Gasteiger partial charge on any atom is 0.190 e. The van der Waals surface area contributed by atoms with Gasteiger partial charge in [0.15, 0.2) is 5.96 Å². The van der Waals surface area contributed by atoms with Crippen molar-refractivity contribution in [3.8, 4) is 0 Å². The van der Waals surface area contributed by atoms with Crippen molar-refractivity contribution < 1.29 is 4.39 Å². The third-order valence-electron chi connectivity index (χ3n) is 4.68. The van der Waals surface area contributed by atoms with Crippen LogP contribution in [0.2, 0.25) is 0 Å². The van der Waals surface area contributed by atoms with Gasteiger partial charge < -0.3 is 15.5 Å². The summed E-state index contributed by atoms with van der Waals surface area (Å²) in [6, 6.07) is 4.98. The van der Waals surface area contributed by atoms with E-state index in [1.54, 1.807) is 13.1 Å². The van der Waals surface area contributed by atoms with E-state index in [-0.39, 0.29) is 29.8 Å². The number of halogens is 2. The van der Waals surface area contributed by atoms with E-state index in [2.05, 4.69) is 27.4 Å². The summed E-state index contributed by atoms with van der Waals surface area (Å²) in [5.41, 5.74) is 2.17. The summed E-state index contributed by atoms with van der Waals surface area (Å²) >= 11 is 0. The highest BCUT2D eigenvalue weighted by atomic mass is 127. The third-order valence-corrected chi connectivity index (χ3v) is 4.68. The molecule has 1 fully saturated rings. The molecule has 0 aromatic heterocycles. The van der Waals surface area contributed by atoms with Crippen molar-refractivity contribution in [3.05, 3.63) is 35.1 Å². The van der Waals surface area contributed by atoms with Gasteiger partial charge in [-0.1, -0.05) is 13.0 Å². The molecule has 1 heterocycles. The molecule has 1 aromatic carbocycles. The van der Waals surface area contributed by atoms with E-state index in [1.165, 1.54) is 44.1 Å². The molecule has 142 valence electrons. The fraction of sp³-hybridized carbons (Fsp3) is 0.632. The first-order chi connectivity index (χ1) is 11.6. The van der Waals surface area contributed by atoms with E-state index in [0.717, 1.165) is 31.0 Å². The lowest BCUT2D eigenvalue weighted by Crippen LogP contribution is -2.41. The van der Waals surface area contributed by atoms with Crippen LogP contribution in [0.25, 0.3) is 0 Å². The van der Waals surface area contributed by atoms with Crippen LogP contribution >= 0.6 is 24.0 Å². The second-order valence-corrected chi connectivity index (χ2v) is 6.66. The molecule has 0 spiro atoms. The number of aryl methyl sites for hydroxylation is 1. The van der Waals surface area contributed by atoms with Gasteiger partial charge in [0, 0.05) is 26.7 Å². The predicted molar refractivity (Wildman–Crippen MR) is 114 cm³/mol. The van der Waals surface area contributed by atoms with Gasteiger partial charge in [0.05, 0.1) is 0 Å². The molecule has 4 nitrogen and oxygen atoms in total. The number of guanidine groups is 1. The van der Waals surface area contributed by atoms with E-state index in [9.17, 15) is 4.39 Å². The summed E-state index contributed by atoms with van der Waals surface area (Å²) in [5.74, 6) is 1.38. The molecule has 1 aliphatic rings. The van der Waals surface area contributed by atoms with Crippen LogP contribution in [-0.4, -0.2) is 50.6 Å². The third kappa shape index (κ3) is 7.48. The molecule has 1 aliphatic heterocycles. The number of hydrogen-bond acceptors (Lipinski definition) is 2. The highest BCUT2D eigenvalue weighted by Crippen LogP contribution is 2.15. The smallest absolute Gasteiger partial charge is 0.190 e. The van der Waals surface area contributed by atoms with Crippen molar-refractivity contribution in [2.24, 2.45) is 10.9 Å². The first kappa shape index (κ1) is 22.2. The minimum Gasteiger partial charge on any atom is -0.356 e. The van der Waals surface area contributed by atoms with Gasteiger partial charge in [-0.3, -0.25) is 4.99 Å². The van der Waals surface area contributed by atoms with Crippen molar-refractivity contribution in [2.45, 2.75) is 33.1 Å². The Hall–Kier alpha value is -0.890. The fourth-order valence-electron chi connectivity index (χ4n) is 3.32. The Morgan fingerprint density at radius 2 is 2.16 bits per heavy atom. The average Bonchev–Trinajstić information content (AvgIpc) is 3.00. The van der Waals surface area contributed by atoms with Crippen LogP contribution in [0.15, 0.2) is 23.2 Å². The molecule has 0 radical (unpaired) electrons. The zero-order valence-electron chi connectivity index (χ0n) is 15.6. The molecule has 0 bridgehead atoms. The Morgan fingerprint density at radius 1 is 1.36 bits per heavy atom. The fourth-order valence-corrected chi connectivity index (χ4v) is 3.32. The van der Waals surface area contributed by atoms with E-state index < -0.39 is 0 Å². The summed E-state index contributed by atoms with van der Waals surface area (Å²) < 4.78 is 13.1. The van der Waals surface area contributed by atoms with E-state index >= 15 is 0 Å². The van der Waals surface area contributed by atoms with Crippen LogP contribution in [0.1, 0.15) is 30.9 Å². The van der Waals surface area contributed by atoms with Crippen LogP contribution in [0, 0.1) is 18.7 Å². The first-order valence-corrected chi connectivity index (χ1v) is 9.04. The largest absolute Gasteiger partial charge is 0.356 e. The monoisotopic (exact) mass is 462 g/mol. The number of likely N-dealkylation sites (tertiary alicyclic amines) is 1. The summed E-state index contributed by atoms with van der Waals surface area (Å²) in [6.45, 7) is 9.56. The average molecular weight is 462 g/mol. The summed E-state index contributed by atoms with van der Waals surface area (Å²) in [5, 5.41) is 6.79. The van der Waals surface area contributed by atoms with Crippen molar-refractivity contribution in [2.75, 3.05) is 39.8 Å². The second kappa shape index (κ2) is 11.7.